The number of aromatic nitrogens is 1. The third-order valence-electron chi connectivity index (χ3n) is 2.86. The fraction of sp³-hybridized carbons (Fsp3) is 0.333. The number of hydrogen-bond donors (Lipinski definition) is 1. The van der Waals surface area contributed by atoms with Crippen LogP contribution in [0.15, 0.2) is 30.5 Å². The first-order valence-corrected chi connectivity index (χ1v) is 6.04. The van der Waals surface area contributed by atoms with Crippen molar-refractivity contribution in [2.24, 2.45) is 0 Å². The molecular formula is C15H18N2. The van der Waals surface area contributed by atoms with Crippen LogP contribution < -0.4 is 5.32 Å². The Morgan fingerprint density at radius 3 is 2.94 bits per heavy atom. The molecule has 0 aliphatic carbocycles. The zero-order valence-electron chi connectivity index (χ0n) is 10.5. The first-order valence-electron chi connectivity index (χ1n) is 6.04. The summed E-state index contributed by atoms with van der Waals surface area (Å²) < 4.78 is 2.22. The Morgan fingerprint density at radius 2 is 2.18 bits per heavy atom. The van der Waals surface area contributed by atoms with Gasteiger partial charge in [-0.25, -0.2) is 0 Å². The summed E-state index contributed by atoms with van der Waals surface area (Å²) in [4.78, 5) is 0. The van der Waals surface area contributed by atoms with E-state index in [0.717, 1.165) is 19.6 Å². The normalized spacial score (nSPS) is 10.2. The quantitative estimate of drug-likeness (QED) is 0.793. The van der Waals surface area contributed by atoms with Crippen LogP contribution in [0.1, 0.15) is 19.4 Å². The second kappa shape index (κ2) is 5.56. The van der Waals surface area contributed by atoms with Crippen molar-refractivity contribution in [1.29, 1.82) is 0 Å². The number of benzene rings is 1. The Bertz CT molecular complexity index is 555. The first-order chi connectivity index (χ1) is 8.36. The molecule has 0 spiro atoms. The monoisotopic (exact) mass is 226 g/mol. The summed E-state index contributed by atoms with van der Waals surface area (Å²) in [5.74, 6) is 6.07. The second-order valence-electron chi connectivity index (χ2n) is 4.01. The number of nitrogens with zero attached hydrogens (tertiary/aromatic N) is 1. The second-order valence-corrected chi connectivity index (χ2v) is 4.01. The van der Waals surface area contributed by atoms with E-state index in [1.54, 1.807) is 0 Å². The highest BCUT2D eigenvalue weighted by Gasteiger charge is 2.04. The molecule has 0 atom stereocenters. The zero-order chi connectivity index (χ0) is 12.1. The predicted octanol–water partition coefficient (Wildman–Crippen LogP) is 2.77. The van der Waals surface area contributed by atoms with E-state index in [9.17, 15) is 0 Å². The highest BCUT2D eigenvalue weighted by molar-refractivity contribution is 5.83. The standard InChI is InChI=1S/C15H18N2/c1-3-5-10-17-11-9-13-7-6-8-14(15(13)17)12-16-4-2/h6-9,11,16H,4,10,12H2,1-2H3. The minimum atomic E-state index is 0.767. The lowest BCUT2D eigenvalue weighted by atomic mass is 10.1. The molecule has 2 rings (SSSR count). The molecule has 0 aliphatic heterocycles. The van der Waals surface area contributed by atoms with Gasteiger partial charge in [0.05, 0.1) is 12.1 Å². The Balaban J connectivity index is 2.42. The molecule has 0 radical (unpaired) electrons. The Kier molecular flexibility index (Phi) is 3.85. The zero-order valence-corrected chi connectivity index (χ0v) is 10.5. The van der Waals surface area contributed by atoms with Gasteiger partial charge in [0, 0.05) is 12.7 Å². The van der Waals surface area contributed by atoms with Gasteiger partial charge in [0.1, 0.15) is 0 Å². The predicted molar refractivity (Wildman–Crippen MR) is 72.8 cm³/mol. The highest BCUT2D eigenvalue weighted by Crippen LogP contribution is 2.20. The van der Waals surface area contributed by atoms with Gasteiger partial charge in [-0.15, -0.1) is 5.92 Å². The van der Waals surface area contributed by atoms with Crippen LogP contribution in [-0.2, 0) is 13.1 Å². The van der Waals surface area contributed by atoms with Crippen molar-refractivity contribution in [3.8, 4) is 11.8 Å². The van der Waals surface area contributed by atoms with Crippen LogP contribution in [0.4, 0.5) is 0 Å². The molecule has 2 aromatic rings. The number of rotatable bonds is 4. The van der Waals surface area contributed by atoms with Crippen molar-refractivity contribution in [1.82, 2.24) is 9.88 Å². The fourth-order valence-electron chi connectivity index (χ4n) is 2.04. The van der Waals surface area contributed by atoms with E-state index >= 15 is 0 Å². The summed E-state index contributed by atoms with van der Waals surface area (Å²) in [6, 6.07) is 8.61. The molecule has 2 heteroatoms. The maximum Gasteiger partial charge on any atom is 0.0837 e. The molecule has 0 amide bonds. The van der Waals surface area contributed by atoms with Crippen molar-refractivity contribution in [3.05, 3.63) is 36.0 Å². The molecule has 0 saturated carbocycles. The van der Waals surface area contributed by atoms with Gasteiger partial charge in [-0.3, -0.25) is 0 Å². The fourth-order valence-corrected chi connectivity index (χ4v) is 2.04. The molecule has 0 saturated heterocycles. The van der Waals surface area contributed by atoms with Gasteiger partial charge in [-0.05, 0) is 30.5 Å². The molecule has 1 heterocycles. The molecule has 0 bridgehead atoms. The van der Waals surface area contributed by atoms with Crippen LogP contribution in [0.3, 0.4) is 0 Å². The van der Waals surface area contributed by atoms with Crippen LogP contribution in [0, 0.1) is 11.8 Å². The number of para-hydroxylation sites is 1. The van der Waals surface area contributed by atoms with E-state index in [0.29, 0.717) is 0 Å². The lowest BCUT2D eigenvalue weighted by Gasteiger charge is -2.08. The van der Waals surface area contributed by atoms with Crippen molar-refractivity contribution in [3.63, 3.8) is 0 Å². The molecule has 0 fully saturated rings. The van der Waals surface area contributed by atoms with E-state index in [4.69, 9.17) is 0 Å². The molecule has 17 heavy (non-hydrogen) atoms. The average molecular weight is 226 g/mol. The molecule has 1 aromatic carbocycles. The van der Waals surface area contributed by atoms with Gasteiger partial charge >= 0.3 is 0 Å². The van der Waals surface area contributed by atoms with Gasteiger partial charge < -0.3 is 9.88 Å². The minimum absolute atomic E-state index is 0.767. The molecule has 1 aromatic heterocycles. The number of nitrogens with one attached hydrogen (secondary N) is 1. The maximum atomic E-state index is 3.38. The van der Waals surface area contributed by atoms with Crippen molar-refractivity contribution in [2.45, 2.75) is 26.9 Å². The van der Waals surface area contributed by atoms with E-state index in [1.165, 1.54) is 16.5 Å². The third kappa shape index (κ3) is 2.51. The summed E-state index contributed by atoms with van der Waals surface area (Å²) >= 11 is 0. The molecule has 2 nitrogen and oxygen atoms in total. The van der Waals surface area contributed by atoms with Crippen LogP contribution in [0.5, 0.6) is 0 Å². The first kappa shape index (κ1) is 11.8. The van der Waals surface area contributed by atoms with E-state index < -0.39 is 0 Å². The summed E-state index contributed by atoms with van der Waals surface area (Å²) in [7, 11) is 0. The lowest BCUT2D eigenvalue weighted by molar-refractivity contribution is 0.725. The van der Waals surface area contributed by atoms with Gasteiger partial charge in [0.15, 0.2) is 0 Å². The molecule has 88 valence electrons. The topological polar surface area (TPSA) is 17.0 Å². The SMILES string of the molecule is CC#CCn1ccc2cccc(CNCC)c21. The Labute approximate surface area is 103 Å². The Morgan fingerprint density at radius 1 is 1.29 bits per heavy atom. The largest absolute Gasteiger partial charge is 0.336 e. The van der Waals surface area contributed by atoms with Crippen molar-refractivity contribution in [2.75, 3.05) is 6.54 Å². The van der Waals surface area contributed by atoms with E-state index in [-0.39, 0.29) is 0 Å². The van der Waals surface area contributed by atoms with Gasteiger partial charge in [0.2, 0.25) is 0 Å². The minimum Gasteiger partial charge on any atom is -0.336 e. The van der Waals surface area contributed by atoms with Gasteiger partial charge in [-0.2, -0.15) is 0 Å². The van der Waals surface area contributed by atoms with Gasteiger partial charge in [-0.1, -0.05) is 31.0 Å². The summed E-state index contributed by atoms with van der Waals surface area (Å²) in [6.45, 7) is 6.68. The van der Waals surface area contributed by atoms with Crippen LogP contribution in [-0.4, -0.2) is 11.1 Å². The van der Waals surface area contributed by atoms with Crippen LogP contribution in [0.2, 0.25) is 0 Å². The van der Waals surface area contributed by atoms with E-state index in [1.807, 2.05) is 6.92 Å². The van der Waals surface area contributed by atoms with Crippen LogP contribution in [0.25, 0.3) is 10.9 Å². The summed E-state index contributed by atoms with van der Waals surface area (Å²) in [5.41, 5.74) is 2.64. The number of hydrogen-bond acceptors (Lipinski definition) is 1. The third-order valence-corrected chi connectivity index (χ3v) is 2.86. The molecule has 0 unspecified atom stereocenters. The van der Waals surface area contributed by atoms with Crippen molar-refractivity contribution >= 4 is 10.9 Å². The van der Waals surface area contributed by atoms with Crippen molar-refractivity contribution < 1.29 is 0 Å². The summed E-state index contributed by atoms with van der Waals surface area (Å²) in [6.07, 6.45) is 2.12. The van der Waals surface area contributed by atoms with Gasteiger partial charge in [0.25, 0.3) is 0 Å². The average Bonchev–Trinajstić information content (AvgIpc) is 2.77. The van der Waals surface area contributed by atoms with Crippen LogP contribution >= 0.6 is 0 Å². The smallest absolute Gasteiger partial charge is 0.0837 e. The summed E-state index contributed by atoms with van der Waals surface area (Å²) in [5, 5.41) is 4.67. The Hall–Kier alpha value is -1.72. The molecule has 1 N–H and O–H groups in total. The number of fused-ring (bicyclic) bond motifs is 1. The lowest BCUT2D eigenvalue weighted by Crippen LogP contribution is -2.12. The van der Waals surface area contributed by atoms with E-state index in [2.05, 4.69) is 59.1 Å². The molecular weight excluding hydrogens is 208 g/mol. The highest BCUT2D eigenvalue weighted by atomic mass is 15.0. The maximum absolute atomic E-state index is 3.38. The molecule has 0 aliphatic rings.